The highest BCUT2D eigenvalue weighted by Crippen LogP contribution is 2.28. The summed E-state index contributed by atoms with van der Waals surface area (Å²) < 4.78 is 3.79. The van der Waals surface area contributed by atoms with Crippen molar-refractivity contribution in [3.8, 4) is 0 Å². The molecule has 2 aromatic heterocycles. The van der Waals surface area contributed by atoms with Crippen molar-refractivity contribution in [1.29, 1.82) is 0 Å². The summed E-state index contributed by atoms with van der Waals surface area (Å²) in [6.45, 7) is 1.68. The molecule has 0 radical (unpaired) electrons. The number of nitrogens with zero attached hydrogens (tertiary/aromatic N) is 4. The van der Waals surface area contributed by atoms with E-state index in [2.05, 4.69) is 52.3 Å². The van der Waals surface area contributed by atoms with Crippen LogP contribution >= 0.6 is 31.9 Å². The molecular weight excluding hydrogens is 400 g/mol. The highest BCUT2D eigenvalue weighted by Gasteiger charge is 2.21. The standard InChI is InChI=1S/C13H18Br2N6/c1-20(2)3-4-21-13(11(15)8-18-21)12(19-16)9-5-10(14)7-17-6-9/h5-8,12,19H,3-4,16H2,1-2H3. The van der Waals surface area contributed by atoms with Gasteiger partial charge < -0.3 is 4.90 Å². The van der Waals surface area contributed by atoms with Crippen LogP contribution in [0.4, 0.5) is 0 Å². The molecule has 0 fully saturated rings. The van der Waals surface area contributed by atoms with Crippen molar-refractivity contribution in [3.63, 3.8) is 0 Å². The van der Waals surface area contributed by atoms with Crippen molar-refractivity contribution < 1.29 is 0 Å². The number of rotatable bonds is 6. The van der Waals surface area contributed by atoms with E-state index in [9.17, 15) is 0 Å². The molecular formula is C13H18Br2N6. The first-order valence-electron chi connectivity index (χ1n) is 6.45. The summed E-state index contributed by atoms with van der Waals surface area (Å²) in [5.41, 5.74) is 4.81. The zero-order chi connectivity index (χ0) is 15.4. The maximum absolute atomic E-state index is 5.77. The van der Waals surface area contributed by atoms with E-state index in [1.807, 2.05) is 24.8 Å². The molecule has 0 aliphatic rings. The third-order valence-corrected chi connectivity index (χ3v) is 4.14. The van der Waals surface area contributed by atoms with Gasteiger partial charge in [0.15, 0.2) is 0 Å². The molecule has 2 aromatic rings. The lowest BCUT2D eigenvalue weighted by atomic mass is 10.1. The quantitative estimate of drug-likeness (QED) is 0.554. The van der Waals surface area contributed by atoms with Crippen molar-refractivity contribution in [2.45, 2.75) is 12.6 Å². The van der Waals surface area contributed by atoms with Crippen molar-refractivity contribution in [3.05, 3.63) is 44.9 Å². The number of pyridine rings is 1. The Kier molecular flexibility index (Phi) is 5.88. The molecule has 0 saturated carbocycles. The summed E-state index contributed by atoms with van der Waals surface area (Å²) in [6, 6.07) is 1.81. The van der Waals surface area contributed by atoms with Gasteiger partial charge in [-0.05, 0) is 57.6 Å². The minimum absolute atomic E-state index is 0.186. The van der Waals surface area contributed by atoms with Crippen LogP contribution in [0.15, 0.2) is 33.6 Å². The van der Waals surface area contributed by atoms with E-state index in [1.165, 1.54) is 0 Å². The Morgan fingerprint density at radius 3 is 2.71 bits per heavy atom. The van der Waals surface area contributed by atoms with E-state index >= 15 is 0 Å². The number of aromatic nitrogens is 3. The van der Waals surface area contributed by atoms with Crippen LogP contribution in [0.3, 0.4) is 0 Å². The van der Waals surface area contributed by atoms with Crippen molar-refractivity contribution in [1.82, 2.24) is 25.1 Å². The SMILES string of the molecule is CN(C)CCn1ncc(Br)c1C(NN)c1cncc(Br)c1. The van der Waals surface area contributed by atoms with E-state index in [0.717, 1.165) is 33.3 Å². The van der Waals surface area contributed by atoms with Crippen LogP contribution in [0, 0.1) is 0 Å². The first-order valence-corrected chi connectivity index (χ1v) is 8.04. The smallest absolute Gasteiger partial charge is 0.0905 e. The Labute approximate surface area is 140 Å². The fourth-order valence-corrected chi connectivity index (χ4v) is 2.96. The lowest BCUT2D eigenvalue weighted by Gasteiger charge is -2.20. The molecule has 1 atom stereocenters. The van der Waals surface area contributed by atoms with Gasteiger partial charge in [0, 0.05) is 23.4 Å². The largest absolute Gasteiger partial charge is 0.308 e. The van der Waals surface area contributed by atoms with Crippen LogP contribution in [0.2, 0.25) is 0 Å². The second kappa shape index (κ2) is 7.46. The third-order valence-electron chi connectivity index (χ3n) is 3.09. The predicted molar refractivity (Wildman–Crippen MR) is 89.6 cm³/mol. The first-order chi connectivity index (χ1) is 10.0. The van der Waals surface area contributed by atoms with Crippen molar-refractivity contribution in [2.75, 3.05) is 20.6 Å². The maximum atomic E-state index is 5.77. The van der Waals surface area contributed by atoms with Gasteiger partial charge in [-0.1, -0.05) is 0 Å². The minimum Gasteiger partial charge on any atom is -0.308 e. The Morgan fingerprint density at radius 2 is 2.10 bits per heavy atom. The molecule has 21 heavy (non-hydrogen) atoms. The van der Waals surface area contributed by atoms with Crippen LogP contribution in [0.5, 0.6) is 0 Å². The second-order valence-electron chi connectivity index (χ2n) is 4.94. The molecule has 0 aliphatic carbocycles. The Hall–Kier alpha value is -0.800. The average molecular weight is 418 g/mol. The molecule has 114 valence electrons. The van der Waals surface area contributed by atoms with Gasteiger partial charge in [-0.15, -0.1) is 0 Å². The lowest BCUT2D eigenvalue weighted by Crippen LogP contribution is -2.32. The molecule has 6 nitrogen and oxygen atoms in total. The monoisotopic (exact) mass is 416 g/mol. The number of hydrazine groups is 1. The first kappa shape index (κ1) is 16.6. The molecule has 0 amide bonds. The minimum atomic E-state index is -0.186. The third kappa shape index (κ3) is 4.10. The molecule has 8 heteroatoms. The summed E-state index contributed by atoms with van der Waals surface area (Å²) in [5.74, 6) is 5.77. The number of hydrogen-bond acceptors (Lipinski definition) is 5. The van der Waals surface area contributed by atoms with Gasteiger partial charge in [-0.25, -0.2) is 5.43 Å². The summed E-state index contributed by atoms with van der Waals surface area (Å²) in [7, 11) is 4.07. The number of hydrogen-bond donors (Lipinski definition) is 2. The highest BCUT2D eigenvalue weighted by molar-refractivity contribution is 9.10. The fourth-order valence-electron chi connectivity index (χ4n) is 2.05. The van der Waals surface area contributed by atoms with Gasteiger partial charge in [0.1, 0.15) is 0 Å². The Bertz CT molecular complexity index is 598. The number of nitrogens with one attached hydrogen (secondary N) is 1. The molecule has 0 aromatic carbocycles. The molecule has 2 heterocycles. The summed E-state index contributed by atoms with van der Waals surface area (Å²) >= 11 is 6.99. The molecule has 1 unspecified atom stereocenters. The number of halogens is 2. The predicted octanol–water partition coefficient (Wildman–Crippen LogP) is 1.92. The van der Waals surface area contributed by atoms with E-state index in [0.29, 0.717) is 0 Å². The van der Waals surface area contributed by atoms with Gasteiger partial charge in [0.25, 0.3) is 0 Å². The fraction of sp³-hybridized carbons (Fsp3) is 0.385. The second-order valence-corrected chi connectivity index (χ2v) is 6.71. The summed E-state index contributed by atoms with van der Waals surface area (Å²) in [6.07, 6.45) is 5.33. The maximum Gasteiger partial charge on any atom is 0.0905 e. The zero-order valence-corrected chi connectivity index (χ0v) is 15.1. The van der Waals surface area contributed by atoms with Gasteiger partial charge in [0.05, 0.1) is 29.0 Å². The molecule has 3 N–H and O–H groups in total. The van der Waals surface area contributed by atoms with Gasteiger partial charge in [-0.2, -0.15) is 5.10 Å². The number of nitrogens with two attached hydrogens (primary N) is 1. The Balaban J connectivity index is 2.35. The van der Waals surface area contributed by atoms with Crippen LogP contribution < -0.4 is 11.3 Å². The summed E-state index contributed by atoms with van der Waals surface area (Å²) in [5, 5.41) is 4.42. The van der Waals surface area contributed by atoms with Crippen LogP contribution in [0.1, 0.15) is 17.3 Å². The lowest BCUT2D eigenvalue weighted by molar-refractivity contribution is 0.365. The van der Waals surface area contributed by atoms with E-state index in [4.69, 9.17) is 5.84 Å². The van der Waals surface area contributed by atoms with Crippen molar-refractivity contribution in [2.24, 2.45) is 5.84 Å². The highest BCUT2D eigenvalue weighted by atomic mass is 79.9. The molecule has 0 aliphatic heterocycles. The number of likely N-dealkylation sites (N-methyl/N-ethyl adjacent to an activating group) is 1. The van der Waals surface area contributed by atoms with Crippen LogP contribution in [0.25, 0.3) is 0 Å². The van der Waals surface area contributed by atoms with Gasteiger partial charge in [0.2, 0.25) is 0 Å². The zero-order valence-electron chi connectivity index (χ0n) is 11.9. The van der Waals surface area contributed by atoms with Crippen molar-refractivity contribution >= 4 is 31.9 Å². The normalized spacial score (nSPS) is 12.9. The van der Waals surface area contributed by atoms with Gasteiger partial charge in [-0.3, -0.25) is 15.5 Å². The molecule has 2 rings (SSSR count). The van der Waals surface area contributed by atoms with E-state index < -0.39 is 0 Å². The Morgan fingerprint density at radius 1 is 1.33 bits per heavy atom. The van der Waals surface area contributed by atoms with Crippen LogP contribution in [-0.4, -0.2) is 40.3 Å². The topological polar surface area (TPSA) is 72.0 Å². The molecule has 0 saturated heterocycles. The average Bonchev–Trinajstić information content (AvgIpc) is 2.79. The van der Waals surface area contributed by atoms with Crippen LogP contribution in [-0.2, 0) is 6.54 Å². The van der Waals surface area contributed by atoms with Gasteiger partial charge >= 0.3 is 0 Å². The molecule has 0 spiro atoms. The molecule has 0 bridgehead atoms. The van der Waals surface area contributed by atoms with E-state index in [1.54, 1.807) is 18.6 Å². The van der Waals surface area contributed by atoms with E-state index in [-0.39, 0.29) is 6.04 Å². The summed E-state index contributed by atoms with van der Waals surface area (Å²) in [4.78, 5) is 6.32.